The summed E-state index contributed by atoms with van der Waals surface area (Å²) in [5.41, 5.74) is 0.927. The Hall–Kier alpha value is -1.55. The number of carbonyl (C=O) groups excluding carboxylic acids is 2. The number of amides is 1. The molecule has 1 amide bonds. The second-order valence-corrected chi connectivity index (χ2v) is 6.01. The minimum Gasteiger partial charge on any atom is -0.469 e. The first-order chi connectivity index (χ1) is 11.1. The van der Waals surface area contributed by atoms with Gasteiger partial charge in [-0.05, 0) is 24.1 Å². The van der Waals surface area contributed by atoms with E-state index in [1.807, 2.05) is 12.1 Å². The van der Waals surface area contributed by atoms with E-state index in [0.717, 1.165) is 31.2 Å². The van der Waals surface area contributed by atoms with Crippen LogP contribution in [0.3, 0.4) is 0 Å². The minimum atomic E-state index is -0.289. The van der Waals surface area contributed by atoms with Crippen LogP contribution in [0.15, 0.2) is 24.3 Å². The summed E-state index contributed by atoms with van der Waals surface area (Å²) < 4.78 is 4.66. The fourth-order valence-electron chi connectivity index (χ4n) is 2.31. The Bertz CT molecular complexity index is 488. The topological polar surface area (TPSA) is 46.6 Å². The molecular formula is C18H26ClNO3. The standard InChI is InChI=1S/C18H26ClNO3/c1-3-4-5-6-12-20(13-11-18(22)23-2)17(21)14-15-7-9-16(19)10-8-15/h7-10H,3-6,11-14H2,1-2H3. The van der Waals surface area contributed by atoms with E-state index < -0.39 is 0 Å². The number of ether oxygens (including phenoxy) is 1. The zero-order valence-electron chi connectivity index (χ0n) is 14.0. The molecule has 0 aliphatic rings. The molecule has 0 atom stereocenters. The average Bonchev–Trinajstić information content (AvgIpc) is 2.55. The van der Waals surface area contributed by atoms with Crippen LogP contribution in [0, 0.1) is 0 Å². The molecule has 1 aromatic rings. The Labute approximate surface area is 143 Å². The summed E-state index contributed by atoms with van der Waals surface area (Å²) in [5, 5.41) is 0.656. The number of nitrogens with zero attached hydrogens (tertiary/aromatic N) is 1. The summed E-state index contributed by atoms with van der Waals surface area (Å²) in [4.78, 5) is 25.6. The van der Waals surface area contributed by atoms with E-state index in [-0.39, 0.29) is 18.3 Å². The van der Waals surface area contributed by atoms with E-state index in [0.29, 0.717) is 24.5 Å². The number of hydrogen-bond donors (Lipinski definition) is 0. The number of hydrogen-bond acceptors (Lipinski definition) is 3. The van der Waals surface area contributed by atoms with Crippen molar-refractivity contribution in [2.45, 2.75) is 45.4 Å². The van der Waals surface area contributed by atoms with Gasteiger partial charge in [-0.2, -0.15) is 0 Å². The van der Waals surface area contributed by atoms with Gasteiger partial charge in [0, 0.05) is 18.1 Å². The molecule has 0 fully saturated rings. The van der Waals surface area contributed by atoms with Crippen LogP contribution in [-0.4, -0.2) is 37.0 Å². The van der Waals surface area contributed by atoms with Gasteiger partial charge in [0.25, 0.3) is 0 Å². The molecule has 0 heterocycles. The summed E-state index contributed by atoms with van der Waals surface area (Å²) >= 11 is 5.86. The van der Waals surface area contributed by atoms with Crippen molar-refractivity contribution in [3.05, 3.63) is 34.9 Å². The minimum absolute atomic E-state index is 0.0349. The average molecular weight is 340 g/mol. The molecule has 0 aromatic heterocycles. The fraction of sp³-hybridized carbons (Fsp3) is 0.556. The Morgan fingerprint density at radius 2 is 1.78 bits per heavy atom. The van der Waals surface area contributed by atoms with Crippen molar-refractivity contribution in [1.29, 1.82) is 0 Å². The van der Waals surface area contributed by atoms with Crippen LogP contribution in [-0.2, 0) is 20.7 Å². The van der Waals surface area contributed by atoms with Gasteiger partial charge in [0.05, 0.1) is 20.0 Å². The van der Waals surface area contributed by atoms with Gasteiger partial charge in [-0.1, -0.05) is 49.9 Å². The maximum absolute atomic E-state index is 12.5. The quantitative estimate of drug-likeness (QED) is 0.480. The molecule has 128 valence electrons. The predicted octanol–water partition coefficient (Wildman–Crippen LogP) is 3.85. The molecule has 0 aliphatic heterocycles. The Balaban J connectivity index is 2.58. The molecule has 1 rings (SSSR count). The molecule has 0 spiro atoms. The first-order valence-corrected chi connectivity index (χ1v) is 8.53. The third-order valence-corrected chi connectivity index (χ3v) is 3.97. The van der Waals surface area contributed by atoms with E-state index in [2.05, 4.69) is 11.7 Å². The molecule has 0 unspecified atom stereocenters. The maximum Gasteiger partial charge on any atom is 0.307 e. The number of esters is 1. The molecule has 23 heavy (non-hydrogen) atoms. The van der Waals surface area contributed by atoms with Crippen molar-refractivity contribution in [3.63, 3.8) is 0 Å². The highest BCUT2D eigenvalue weighted by atomic mass is 35.5. The lowest BCUT2D eigenvalue weighted by Crippen LogP contribution is -2.35. The van der Waals surface area contributed by atoms with Crippen LogP contribution < -0.4 is 0 Å². The van der Waals surface area contributed by atoms with Gasteiger partial charge in [0.2, 0.25) is 5.91 Å². The van der Waals surface area contributed by atoms with E-state index >= 15 is 0 Å². The summed E-state index contributed by atoms with van der Waals surface area (Å²) in [5.74, 6) is -0.254. The molecule has 0 aliphatic carbocycles. The second kappa shape index (κ2) is 11.1. The molecule has 0 N–H and O–H groups in total. The molecule has 5 heteroatoms. The molecule has 4 nitrogen and oxygen atoms in total. The van der Waals surface area contributed by atoms with Crippen LogP contribution in [0.5, 0.6) is 0 Å². The molecular weight excluding hydrogens is 314 g/mol. The molecule has 0 bridgehead atoms. The summed E-state index contributed by atoms with van der Waals surface area (Å²) in [6, 6.07) is 7.28. The fourth-order valence-corrected chi connectivity index (χ4v) is 2.43. The van der Waals surface area contributed by atoms with Gasteiger partial charge in [-0.3, -0.25) is 9.59 Å². The first-order valence-electron chi connectivity index (χ1n) is 8.15. The Morgan fingerprint density at radius 3 is 2.39 bits per heavy atom. The van der Waals surface area contributed by atoms with Crippen molar-refractivity contribution in [3.8, 4) is 0 Å². The largest absolute Gasteiger partial charge is 0.469 e. The molecule has 0 saturated heterocycles. The van der Waals surface area contributed by atoms with Crippen molar-refractivity contribution in [1.82, 2.24) is 4.90 Å². The Morgan fingerprint density at radius 1 is 1.09 bits per heavy atom. The normalized spacial score (nSPS) is 10.4. The molecule has 0 radical (unpaired) electrons. The number of unbranched alkanes of at least 4 members (excludes halogenated alkanes) is 3. The molecule has 1 aromatic carbocycles. The lowest BCUT2D eigenvalue weighted by atomic mass is 10.1. The van der Waals surface area contributed by atoms with Crippen LogP contribution >= 0.6 is 11.6 Å². The highest BCUT2D eigenvalue weighted by Gasteiger charge is 2.15. The SMILES string of the molecule is CCCCCCN(CCC(=O)OC)C(=O)Cc1ccc(Cl)cc1. The van der Waals surface area contributed by atoms with Gasteiger partial charge in [0.15, 0.2) is 0 Å². The highest BCUT2D eigenvalue weighted by molar-refractivity contribution is 6.30. The van der Waals surface area contributed by atoms with Gasteiger partial charge in [0.1, 0.15) is 0 Å². The number of benzene rings is 1. The van der Waals surface area contributed by atoms with Gasteiger partial charge in [-0.15, -0.1) is 0 Å². The number of halogens is 1. The van der Waals surface area contributed by atoms with Gasteiger partial charge >= 0.3 is 5.97 Å². The third-order valence-electron chi connectivity index (χ3n) is 3.72. The highest BCUT2D eigenvalue weighted by Crippen LogP contribution is 2.12. The van der Waals surface area contributed by atoms with Crippen LogP contribution in [0.2, 0.25) is 5.02 Å². The van der Waals surface area contributed by atoms with E-state index in [1.54, 1.807) is 17.0 Å². The number of methoxy groups -OCH3 is 1. The molecule has 0 saturated carbocycles. The van der Waals surface area contributed by atoms with E-state index in [4.69, 9.17) is 11.6 Å². The zero-order chi connectivity index (χ0) is 17.1. The smallest absolute Gasteiger partial charge is 0.307 e. The lowest BCUT2D eigenvalue weighted by Gasteiger charge is -2.22. The van der Waals surface area contributed by atoms with E-state index in [1.165, 1.54) is 7.11 Å². The number of carbonyl (C=O) groups is 2. The van der Waals surface area contributed by atoms with E-state index in [9.17, 15) is 9.59 Å². The summed E-state index contributed by atoms with van der Waals surface area (Å²) in [6.07, 6.45) is 4.93. The van der Waals surface area contributed by atoms with Crippen molar-refractivity contribution in [2.24, 2.45) is 0 Å². The van der Waals surface area contributed by atoms with Crippen LogP contribution in [0.25, 0.3) is 0 Å². The third kappa shape index (κ3) is 8.03. The predicted molar refractivity (Wildman–Crippen MR) is 92.5 cm³/mol. The summed E-state index contributed by atoms with van der Waals surface area (Å²) in [6.45, 7) is 3.25. The van der Waals surface area contributed by atoms with Crippen molar-refractivity contribution < 1.29 is 14.3 Å². The zero-order valence-corrected chi connectivity index (χ0v) is 14.8. The number of rotatable bonds is 10. The Kier molecular flexibility index (Phi) is 9.37. The monoisotopic (exact) mass is 339 g/mol. The first kappa shape index (κ1) is 19.5. The van der Waals surface area contributed by atoms with Gasteiger partial charge < -0.3 is 9.64 Å². The maximum atomic E-state index is 12.5. The van der Waals surface area contributed by atoms with Crippen LogP contribution in [0.4, 0.5) is 0 Å². The van der Waals surface area contributed by atoms with Crippen LogP contribution in [0.1, 0.15) is 44.6 Å². The second-order valence-electron chi connectivity index (χ2n) is 5.57. The van der Waals surface area contributed by atoms with Crippen molar-refractivity contribution in [2.75, 3.05) is 20.2 Å². The summed E-state index contributed by atoms with van der Waals surface area (Å²) in [7, 11) is 1.36. The lowest BCUT2D eigenvalue weighted by molar-refractivity contribution is -0.141. The van der Waals surface area contributed by atoms with Gasteiger partial charge in [-0.25, -0.2) is 0 Å². The van der Waals surface area contributed by atoms with Crippen molar-refractivity contribution >= 4 is 23.5 Å².